The molecule has 1 saturated carbocycles. The lowest BCUT2D eigenvalue weighted by atomic mass is 9.81. The zero-order chi connectivity index (χ0) is 19.3. The molecule has 0 unspecified atom stereocenters. The number of nitrogens with one attached hydrogen (secondary N) is 1. The van der Waals surface area contributed by atoms with Gasteiger partial charge in [0.1, 0.15) is 0 Å². The van der Waals surface area contributed by atoms with E-state index >= 15 is 0 Å². The molecule has 1 aromatic carbocycles. The predicted molar refractivity (Wildman–Crippen MR) is 108 cm³/mol. The average molecular weight is 386 g/mol. The Kier molecular flexibility index (Phi) is 6.27. The van der Waals surface area contributed by atoms with E-state index < -0.39 is 0 Å². The molecule has 0 radical (unpaired) electrons. The first-order valence-electron chi connectivity index (χ1n) is 10.7. The maximum Gasteiger partial charge on any atom is 0.230 e. The van der Waals surface area contributed by atoms with Crippen molar-refractivity contribution in [1.82, 2.24) is 10.2 Å². The molecule has 28 heavy (non-hydrogen) atoms. The van der Waals surface area contributed by atoms with Crippen LogP contribution in [0.15, 0.2) is 24.3 Å². The molecule has 2 heterocycles. The van der Waals surface area contributed by atoms with E-state index in [9.17, 15) is 9.59 Å². The summed E-state index contributed by atoms with van der Waals surface area (Å²) in [6.45, 7) is 5.84. The third kappa shape index (κ3) is 4.39. The van der Waals surface area contributed by atoms with Crippen LogP contribution in [-0.2, 0) is 20.7 Å². The third-order valence-corrected chi connectivity index (χ3v) is 6.43. The van der Waals surface area contributed by atoms with Crippen LogP contribution in [0.3, 0.4) is 0 Å². The summed E-state index contributed by atoms with van der Waals surface area (Å²) in [5.74, 6) is 0.518. The van der Waals surface area contributed by atoms with Crippen molar-refractivity contribution >= 4 is 17.5 Å². The SMILES string of the molecule is O=C(NCCN1CCOCC1)C1CCC(C(=O)N2CCc3ccccc32)CC1. The van der Waals surface area contributed by atoms with Crippen LogP contribution in [0.1, 0.15) is 31.2 Å². The van der Waals surface area contributed by atoms with Gasteiger partial charge in [0, 0.05) is 50.2 Å². The lowest BCUT2D eigenvalue weighted by Gasteiger charge is -2.30. The number of hydrogen-bond acceptors (Lipinski definition) is 4. The fraction of sp³-hybridized carbons (Fsp3) is 0.636. The molecule has 2 aliphatic heterocycles. The number of nitrogens with zero attached hydrogens (tertiary/aromatic N) is 2. The van der Waals surface area contributed by atoms with Crippen molar-refractivity contribution in [2.45, 2.75) is 32.1 Å². The number of fused-ring (bicyclic) bond motifs is 1. The minimum absolute atomic E-state index is 0.0552. The van der Waals surface area contributed by atoms with Gasteiger partial charge in [0.25, 0.3) is 0 Å². The quantitative estimate of drug-likeness (QED) is 0.840. The summed E-state index contributed by atoms with van der Waals surface area (Å²) in [4.78, 5) is 29.8. The van der Waals surface area contributed by atoms with Crippen molar-refractivity contribution in [2.24, 2.45) is 11.8 Å². The van der Waals surface area contributed by atoms with Gasteiger partial charge in [0.05, 0.1) is 13.2 Å². The minimum Gasteiger partial charge on any atom is -0.379 e. The second-order valence-corrected chi connectivity index (χ2v) is 8.16. The summed E-state index contributed by atoms with van der Waals surface area (Å²) in [6, 6.07) is 8.20. The lowest BCUT2D eigenvalue weighted by molar-refractivity contribution is -0.129. The smallest absolute Gasteiger partial charge is 0.230 e. The number of amides is 2. The van der Waals surface area contributed by atoms with Crippen molar-refractivity contribution in [1.29, 1.82) is 0 Å². The van der Waals surface area contributed by atoms with E-state index in [-0.39, 0.29) is 23.7 Å². The molecule has 0 spiro atoms. The van der Waals surface area contributed by atoms with E-state index in [1.807, 2.05) is 23.1 Å². The van der Waals surface area contributed by atoms with Gasteiger partial charge in [-0.3, -0.25) is 14.5 Å². The molecule has 0 atom stereocenters. The molecule has 1 saturated heterocycles. The molecule has 2 amide bonds. The maximum atomic E-state index is 13.0. The Bertz CT molecular complexity index is 694. The van der Waals surface area contributed by atoms with Gasteiger partial charge in [-0.2, -0.15) is 0 Å². The first-order chi connectivity index (χ1) is 13.7. The fourth-order valence-electron chi connectivity index (χ4n) is 4.70. The Morgan fingerprint density at radius 3 is 2.50 bits per heavy atom. The maximum absolute atomic E-state index is 13.0. The highest BCUT2D eigenvalue weighted by molar-refractivity contribution is 5.97. The molecule has 6 nitrogen and oxygen atoms in total. The van der Waals surface area contributed by atoms with Crippen LogP contribution in [0.5, 0.6) is 0 Å². The topological polar surface area (TPSA) is 61.9 Å². The van der Waals surface area contributed by atoms with Crippen molar-refractivity contribution in [3.63, 3.8) is 0 Å². The molecule has 2 fully saturated rings. The summed E-state index contributed by atoms with van der Waals surface area (Å²) >= 11 is 0. The Balaban J connectivity index is 1.21. The zero-order valence-corrected chi connectivity index (χ0v) is 16.6. The normalized spacial score (nSPS) is 25.4. The molecule has 3 aliphatic rings. The number of morpholine rings is 1. The van der Waals surface area contributed by atoms with E-state index in [0.717, 1.165) is 77.2 Å². The molecule has 1 N–H and O–H groups in total. The van der Waals surface area contributed by atoms with Gasteiger partial charge in [-0.25, -0.2) is 0 Å². The molecule has 0 bridgehead atoms. The fourth-order valence-corrected chi connectivity index (χ4v) is 4.70. The standard InChI is InChI=1S/C22H31N3O3/c26-21(23-10-12-24-13-15-28-16-14-24)18-5-7-19(8-6-18)22(27)25-11-9-17-3-1-2-4-20(17)25/h1-4,18-19H,5-16H2,(H,23,26). The number of ether oxygens (including phenoxy) is 1. The van der Waals surface area contributed by atoms with Crippen LogP contribution in [0, 0.1) is 11.8 Å². The predicted octanol–water partition coefficient (Wildman–Crippen LogP) is 1.83. The molecule has 152 valence electrons. The summed E-state index contributed by atoms with van der Waals surface area (Å²) < 4.78 is 5.35. The minimum atomic E-state index is 0.0552. The Labute approximate surface area is 167 Å². The van der Waals surface area contributed by atoms with E-state index in [4.69, 9.17) is 4.74 Å². The summed E-state index contributed by atoms with van der Waals surface area (Å²) in [5, 5.41) is 3.10. The van der Waals surface area contributed by atoms with Gasteiger partial charge < -0.3 is 15.0 Å². The molecule has 6 heteroatoms. The number of rotatable bonds is 5. The average Bonchev–Trinajstić information content (AvgIpc) is 3.18. The number of para-hydroxylation sites is 1. The molecule has 1 aromatic rings. The molecular weight excluding hydrogens is 354 g/mol. The van der Waals surface area contributed by atoms with Gasteiger partial charge >= 0.3 is 0 Å². The van der Waals surface area contributed by atoms with Crippen LogP contribution in [-0.4, -0.2) is 62.7 Å². The molecular formula is C22H31N3O3. The third-order valence-electron chi connectivity index (χ3n) is 6.43. The largest absolute Gasteiger partial charge is 0.379 e. The highest BCUT2D eigenvalue weighted by Gasteiger charge is 2.34. The Morgan fingerprint density at radius 2 is 1.71 bits per heavy atom. The molecule has 0 aromatic heterocycles. The Hall–Kier alpha value is -1.92. The first-order valence-corrected chi connectivity index (χ1v) is 10.7. The second-order valence-electron chi connectivity index (χ2n) is 8.16. The van der Waals surface area contributed by atoms with Gasteiger partial charge in [0.2, 0.25) is 11.8 Å². The summed E-state index contributed by atoms with van der Waals surface area (Å²) in [6.07, 6.45) is 4.21. The van der Waals surface area contributed by atoms with E-state index in [0.29, 0.717) is 6.54 Å². The first kappa shape index (κ1) is 19.4. The number of benzene rings is 1. The highest BCUT2D eigenvalue weighted by atomic mass is 16.5. The monoisotopic (exact) mass is 385 g/mol. The van der Waals surface area contributed by atoms with Crippen LogP contribution in [0.25, 0.3) is 0 Å². The number of carbonyl (C=O) groups is 2. The van der Waals surface area contributed by atoms with Gasteiger partial charge in [-0.1, -0.05) is 18.2 Å². The second kappa shape index (κ2) is 9.05. The van der Waals surface area contributed by atoms with Gasteiger partial charge in [-0.05, 0) is 43.7 Å². The summed E-state index contributed by atoms with van der Waals surface area (Å²) in [7, 11) is 0. The van der Waals surface area contributed by atoms with Crippen molar-refractivity contribution < 1.29 is 14.3 Å². The zero-order valence-electron chi connectivity index (χ0n) is 16.6. The van der Waals surface area contributed by atoms with E-state index in [2.05, 4.69) is 16.3 Å². The number of anilines is 1. The lowest BCUT2D eigenvalue weighted by Crippen LogP contribution is -2.43. The molecule has 4 rings (SSSR count). The van der Waals surface area contributed by atoms with Crippen molar-refractivity contribution in [3.8, 4) is 0 Å². The van der Waals surface area contributed by atoms with Gasteiger partial charge in [-0.15, -0.1) is 0 Å². The number of hydrogen-bond donors (Lipinski definition) is 1. The van der Waals surface area contributed by atoms with E-state index in [1.54, 1.807) is 0 Å². The van der Waals surface area contributed by atoms with Crippen LogP contribution in [0.4, 0.5) is 5.69 Å². The van der Waals surface area contributed by atoms with Crippen LogP contribution >= 0.6 is 0 Å². The highest BCUT2D eigenvalue weighted by Crippen LogP contribution is 2.34. The van der Waals surface area contributed by atoms with Crippen molar-refractivity contribution in [3.05, 3.63) is 29.8 Å². The summed E-state index contributed by atoms with van der Waals surface area (Å²) in [5.41, 5.74) is 2.35. The van der Waals surface area contributed by atoms with Crippen LogP contribution in [0.2, 0.25) is 0 Å². The van der Waals surface area contributed by atoms with Crippen molar-refractivity contribution in [2.75, 3.05) is 50.8 Å². The van der Waals surface area contributed by atoms with Crippen LogP contribution < -0.4 is 10.2 Å². The number of carbonyl (C=O) groups excluding carboxylic acids is 2. The molecule has 1 aliphatic carbocycles. The Morgan fingerprint density at radius 1 is 1.00 bits per heavy atom. The van der Waals surface area contributed by atoms with Gasteiger partial charge in [0.15, 0.2) is 0 Å². The van der Waals surface area contributed by atoms with E-state index in [1.165, 1.54) is 5.56 Å².